The molecule has 0 amide bonds. The van der Waals surface area contributed by atoms with Crippen molar-refractivity contribution >= 4 is 35.6 Å². The minimum Gasteiger partial charge on any atom is -0.493 e. The van der Waals surface area contributed by atoms with Crippen molar-refractivity contribution in [1.82, 2.24) is 10.2 Å². The molecular weight excluding hydrogens is 443 g/mol. The van der Waals surface area contributed by atoms with Gasteiger partial charge < -0.3 is 20.1 Å². The van der Waals surface area contributed by atoms with Gasteiger partial charge >= 0.3 is 0 Å². The molecule has 0 bridgehead atoms. The summed E-state index contributed by atoms with van der Waals surface area (Å²) in [6, 6.07) is 6.80. The molecule has 1 aromatic rings. The van der Waals surface area contributed by atoms with Gasteiger partial charge in [-0.15, -0.1) is 24.0 Å². The summed E-state index contributed by atoms with van der Waals surface area (Å²) >= 11 is 0. The number of hydrogen-bond acceptors (Lipinski definition) is 4. The number of aliphatic imine (C=N–C) groups is 1. The average Bonchev–Trinajstić information content (AvgIpc) is 2.57. The molecule has 2 N–H and O–H groups in total. The van der Waals surface area contributed by atoms with Gasteiger partial charge in [0, 0.05) is 44.0 Å². The number of methoxy groups -OCH3 is 1. The standard InChI is InChI=1S/C19H34N4O2.HI/c1-8-25-18-13-16(9-10-17(18)24-7)22-19(20-6)21-11-12-23(14(2)3)15(4)5;/h9-10,13-15H,8,11-12H2,1-7H3,(H2,20,21,22);1H. The molecule has 0 aliphatic heterocycles. The smallest absolute Gasteiger partial charge is 0.195 e. The molecule has 0 spiro atoms. The van der Waals surface area contributed by atoms with Crippen molar-refractivity contribution in [3.05, 3.63) is 18.2 Å². The third kappa shape index (κ3) is 7.99. The van der Waals surface area contributed by atoms with E-state index in [2.05, 4.69) is 48.2 Å². The van der Waals surface area contributed by atoms with E-state index in [1.165, 1.54) is 0 Å². The number of rotatable bonds is 9. The van der Waals surface area contributed by atoms with Crippen LogP contribution in [0.4, 0.5) is 5.69 Å². The molecular formula is C19H35IN4O2. The Labute approximate surface area is 175 Å². The molecule has 0 fully saturated rings. The molecule has 0 aliphatic rings. The van der Waals surface area contributed by atoms with Gasteiger partial charge in [-0.1, -0.05) is 0 Å². The van der Waals surface area contributed by atoms with E-state index in [4.69, 9.17) is 9.47 Å². The van der Waals surface area contributed by atoms with Gasteiger partial charge in [0.25, 0.3) is 0 Å². The van der Waals surface area contributed by atoms with Gasteiger partial charge in [-0.05, 0) is 46.8 Å². The van der Waals surface area contributed by atoms with E-state index in [1.54, 1.807) is 14.2 Å². The molecule has 0 atom stereocenters. The summed E-state index contributed by atoms with van der Waals surface area (Å²) in [5.41, 5.74) is 0.905. The van der Waals surface area contributed by atoms with Crippen molar-refractivity contribution < 1.29 is 9.47 Å². The van der Waals surface area contributed by atoms with Crippen LogP contribution in [0.5, 0.6) is 11.5 Å². The van der Waals surface area contributed by atoms with E-state index in [1.807, 2.05) is 25.1 Å². The third-order valence-electron chi connectivity index (χ3n) is 3.94. The first-order valence-electron chi connectivity index (χ1n) is 8.97. The summed E-state index contributed by atoms with van der Waals surface area (Å²) < 4.78 is 10.9. The fraction of sp³-hybridized carbons (Fsp3) is 0.632. The van der Waals surface area contributed by atoms with Gasteiger partial charge in [0.05, 0.1) is 13.7 Å². The van der Waals surface area contributed by atoms with Crippen molar-refractivity contribution in [3.63, 3.8) is 0 Å². The lowest BCUT2D eigenvalue weighted by Crippen LogP contribution is -2.43. The van der Waals surface area contributed by atoms with Crippen LogP contribution in [0.15, 0.2) is 23.2 Å². The monoisotopic (exact) mass is 478 g/mol. The fourth-order valence-electron chi connectivity index (χ4n) is 2.75. The second kappa shape index (κ2) is 13.0. The summed E-state index contributed by atoms with van der Waals surface area (Å²) in [5.74, 6) is 2.18. The SMILES string of the molecule is CCOc1cc(NC(=NC)NCCN(C(C)C)C(C)C)ccc1OC.I. The zero-order chi connectivity index (χ0) is 18.8. The Morgan fingerprint density at radius 1 is 1.15 bits per heavy atom. The predicted molar refractivity (Wildman–Crippen MR) is 122 cm³/mol. The summed E-state index contributed by atoms with van der Waals surface area (Å²) in [6.45, 7) is 13.2. The van der Waals surface area contributed by atoms with Gasteiger partial charge in [0.15, 0.2) is 17.5 Å². The predicted octanol–water partition coefficient (Wildman–Crippen LogP) is 3.82. The highest BCUT2D eigenvalue weighted by molar-refractivity contribution is 14.0. The molecule has 150 valence electrons. The van der Waals surface area contributed by atoms with Crippen molar-refractivity contribution in [2.45, 2.75) is 46.7 Å². The Bertz CT molecular complexity index is 542. The van der Waals surface area contributed by atoms with Crippen molar-refractivity contribution in [1.29, 1.82) is 0 Å². The second-order valence-corrected chi connectivity index (χ2v) is 6.35. The van der Waals surface area contributed by atoms with E-state index < -0.39 is 0 Å². The number of anilines is 1. The average molecular weight is 478 g/mol. The van der Waals surface area contributed by atoms with E-state index in [-0.39, 0.29) is 24.0 Å². The van der Waals surface area contributed by atoms with Crippen LogP contribution in [-0.4, -0.2) is 56.8 Å². The molecule has 0 unspecified atom stereocenters. The molecule has 0 aromatic heterocycles. The lowest BCUT2D eigenvalue weighted by Gasteiger charge is -2.30. The topological polar surface area (TPSA) is 58.1 Å². The van der Waals surface area contributed by atoms with Crippen LogP contribution in [0.25, 0.3) is 0 Å². The Kier molecular flexibility index (Phi) is 12.4. The summed E-state index contributed by atoms with van der Waals surface area (Å²) in [7, 11) is 3.41. The van der Waals surface area contributed by atoms with Gasteiger partial charge in [-0.3, -0.25) is 9.89 Å². The molecule has 0 aliphatic carbocycles. The number of nitrogens with zero attached hydrogens (tertiary/aromatic N) is 2. The Morgan fingerprint density at radius 2 is 1.81 bits per heavy atom. The number of hydrogen-bond donors (Lipinski definition) is 2. The van der Waals surface area contributed by atoms with Crippen molar-refractivity contribution in [2.24, 2.45) is 4.99 Å². The van der Waals surface area contributed by atoms with Gasteiger partial charge in [-0.2, -0.15) is 0 Å². The maximum Gasteiger partial charge on any atom is 0.195 e. The number of ether oxygens (including phenoxy) is 2. The first kappa shape index (κ1) is 24.8. The highest BCUT2D eigenvalue weighted by Gasteiger charge is 2.13. The molecule has 1 aromatic carbocycles. The molecule has 6 nitrogen and oxygen atoms in total. The summed E-state index contributed by atoms with van der Waals surface area (Å²) in [5, 5.41) is 6.66. The van der Waals surface area contributed by atoms with Crippen LogP contribution in [0.2, 0.25) is 0 Å². The number of guanidine groups is 1. The van der Waals surface area contributed by atoms with Gasteiger partial charge in [0.1, 0.15) is 0 Å². The molecule has 0 radical (unpaired) electrons. The lowest BCUT2D eigenvalue weighted by molar-refractivity contribution is 0.178. The molecule has 1 rings (SSSR count). The van der Waals surface area contributed by atoms with Crippen molar-refractivity contribution in [3.8, 4) is 11.5 Å². The molecule has 26 heavy (non-hydrogen) atoms. The van der Waals surface area contributed by atoms with Crippen LogP contribution in [0.1, 0.15) is 34.6 Å². The molecule has 0 saturated heterocycles. The fourth-order valence-corrected chi connectivity index (χ4v) is 2.75. The second-order valence-electron chi connectivity index (χ2n) is 6.35. The van der Waals surface area contributed by atoms with Crippen molar-refractivity contribution in [2.75, 3.05) is 39.2 Å². The highest BCUT2D eigenvalue weighted by Crippen LogP contribution is 2.30. The minimum atomic E-state index is 0. The summed E-state index contributed by atoms with van der Waals surface area (Å²) in [4.78, 5) is 6.74. The zero-order valence-corrected chi connectivity index (χ0v) is 19.5. The van der Waals surface area contributed by atoms with Crippen LogP contribution >= 0.6 is 24.0 Å². The molecule has 0 heterocycles. The maximum absolute atomic E-state index is 5.62. The molecule has 7 heteroatoms. The first-order chi connectivity index (χ1) is 11.9. The third-order valence-corrected chi connectivity index (χ3v) is 3.94. The van der Waals surface area contributed by atoms with Crippen LogP contribution in [-0.2, 0) is 0 Å². The minimum absolute atomic E-state index is 0. The number of halogens is 1. The van der Waals surface area contributed by atoms with Crippen LogP contribution in [0, 0.1) is 0 Å². The lowest BCUT2D eigenvalue weighted by atomic mass is 10.2. The first-order valence-corrected chi connectivity index (χ1v) is 8.97. The Hall–Kier alpha value is -1.22. The number of benzene rings is 1. The van der Waals surface area contributed by atoms with E-state index in [0.717, 1.165) is 36.2 Å². The van der Waals surface area contributed by atoms with E-state index >= 15 is 0 Å². The van der Waals surface area contributed by atoms with Crippen LogP contribution < -0.4 is 20.1 Å². The van der Waals surface area contributed by atoms with Gasteiger partial charge in [-0.25, -0.2) is 0 Å². The Morgan fingerprint density at radius 3 is 2.31 bits per heavy atom. The number of nitrogens with one attached hydrogen (secondary N) is 2. The van der Waals surface area contributed by atoms with Crippen LogP contribution in [0.3, 0.4) is 0 Å². The van der Waals surface area contributed by atoms with Gasteiger partial charge in [0.2, 0.25) is 0 Å². The molecule has 0 saturated carbocycles. The zero-order valence-electron chi connectivity index (χ0n) is 17.1. The van der Waals surface area contributed by atoms with E-state index in [0.29, 0.717) is 18.7 Å². The summed E-state index contributed by atoms with van der Waals surface area (Å²) in [6.07, 6.45) is 0. The Balaban J connectivity index is 0.00000625. The normalized spacial score (nSPS) is 11.5. The quantitative estimate of drug-likeness (QED) is 0.321. The van der Waals surface area contributed by atoms with E-state index in [9.17, 15) is 0 Å². The highest BCUT2D eigenvalue weighted by atomic mass is 127. The largest absolute Gasteiger partial charge is 0.493 e. The maximum atomic E-state index is 5.62.